The van der Waals surface area contributed by atoms with Gasteiger partial charge in [-0.15, -0.1) is 23.6 Å². The standard InChI is InChI=1S/C9H16.BrH/c1-2-6-9-7-4-3-5-8-9;/h2,9H,1,3-8H2;1H. The van der Waals surface area contributed by atoms with E-state index >= 15 is 0 Å². The molecule has 1 aliphatic carbocycles. The summed E-state index contributed by atoms with van der Waals surface area (Å²) < 4.78 is 0. The molecule has 0 aromatic rings. The highest BCUT2D eigenvalue weighted by Crippen LogP contribution is 2.25. The first-order valence-electron chi connectivity index (χ1n) is 4.04. The molecule has 1 rings (SSSR count). The van der Waals surface area contributed by atoms with Crippen LogP contribution in [-0.4, -0.2) is 0 Å². The molecule has 1 saturated carbocycles. The van der Waals surface area contributed by atoms with Crippen molar-refractivity contribution in [2.45, 2.75) is 38.5 Å². The van der Waals surface area contributed by atoms with Crippen LogP contribution in [0.1, 0.15) is 38.5 Å². The summed E-state index contributed by atoms with van der Waals surface area (Å²) in [6.07, 6.45) is 10.6. The molecular weight excluding hydrogens is 188 g/mol. The first kappa shape index (κ1) is 10.2. The number of hydrogen-bond acceptors (Lipinski definition) is 0. The molecule has 60 valence electrons. The van der Waals surface area contributed by atoms with Crippen LogP contribution >= 0.6 is 17.0 Å². The van der Waals surface area contributed by atoms with Crippen LogP contribution in [0.4, 0.5) is 0 Å². The van der Waals surface area contributed by atoms with Crippen LogP contribution in [-0.2, 0) is 0 Å². The van der Waals surface area contributed by atoms with Crippen molar-refractivity contribution < 1.29 is 0 Å². The fraction of sp³-hybridized carbons (Fsp3) is 0.778. The van der Waals surface area contributed by atoms with Crippen LogP contribution in [0.3, 0.4) is 0 Å². The summed E-state index contributed by atoms with van der Waals surface area (Å²) in [5, 5.41) is 0. The molecule has 0 aliphatic heterocycles. The summed E-state index contributed by atoms with van der Waals surface area (Å²) in [5.74, 6) is 0.983. The van der Waals surface area contributed by atoms with Crippen molar-refractivity contribution in [3.8, 4) is 0 Å². The molecule has 0 aromatic heterocycles. The van der Waals surface area contributed by atoms with Crippen molar-refractivity contribution in [3.63, 3.8) is 0 Å². The third-order valence-corrected chi connectivity index (χ3v) is 2.22. The zero-order chi connectivity index (χ0) is 6.53. The summed E-state index contributed by atoms with van der Waals surface area (Å²) in [6, 6.07) is 0. The summed E-state index contributed by atoms with van der Waals surface area (Å²) in [5.41, 5.74) is 0. The second-order valence-electron chi connectivity index (χ2n) is 3.03. The van der Waals surface area contributed by atoms with Crippen LogP contribution in [0.5, 0.6) is 0 Å². The Labute approximate surface area is 74.5 Å². The Morgan fingerprint density at radius 3 is 2.30 bits per heavy atom. The van der Waals surface area contributed by atoms with E-state index in [2.05, 4.69) is 12.7 Å². The Bertz CT molecular complexity index is 82.7. The normalized spacial score (nSPS) is 19.6. The van der Waals surface area contributed by atoms with Crippen LogP contribution in [0.25, 0.3) is 0 Å². The van der Waals surface area contributed by atoms with Gasteiger partial charge in [0.05, 0.1) is 0 Å². The Balaban J connectivity index is 0.000000810. The van der Waals surface area contributed by atoms with E-state index < -0.39 is 0 Å². The molecule has 0 atom stereocenters. The van der Waals surface area contributed by atoms with Crippen molar-refractivity contribution in [1.82, 2.24) is 0 Å². The minimum Gasteiger partial charge on any atom is -0.114 e. The zero-order valence-electron chi connectivity index (χ0n) is 6.51. The lowest BCUT2D eigenvalue weighted by molar-refractivity contribution is 0.361. The molecule has 0 spiro atoms. The van der Waals surface area contributed by atoms with Gasteiger partial charge in [0, 0.05) is 0 Å². The topological polar surface area (TPSA) is 0 Å². The van der Waals surface area contributed by atoms with Crippen molar-refractivity contribution >= 4 is 17.0 Å². The van der Waals surface area contributed by atoms with Gasteiger partial charge in [-0.2, -0.15) is 0 Å². The molecule has 0 nitrogen and oxygen atoms in total. The number of hydrogen-bond donors (Lipinski definition) is 0. The second-order valence-corrected chi connectivity index (χ2v) is 3.03. The predicted octanol–water partition coefficient (Wildman–Crippen LogP) is 3.72. The van der Waals surface area contributed by atoms with Crippen molar-refractivity contribution in [1.29, 1.82) is 0 Å². The molecule has 0 saturated heterocycles. The highest BCUT2D eigenvalue weighted by atomic mass is 79.9. The number of allylic oxidation sites excluding steroid dienone is 1. The van der Waals surface area contributed by atoms with Gasteiger partial charge in [-0.05, 0) is 12.3 Å². The Morgan fingerprint density at radius 1 is 1.20 bits per heavy atom. The molecular formula is C9H17Br. The average Bonchev–Trinajstić information content (AvgIpc) is 1.91. The van der Waals surface area contributed by atoms with Crippen LogP contribution < -0.4 is 0 Å². The van der Waals surface area contributed by atoms with Gasteiger partial charge in [-0.1, -0.05) is 38.2 Å². The van der Waals surface area contributed by atoms with Crippen molar-refractivity contribution in [2.24, 2.45) is 5.92 Å². The molecule has 0 bridgehead atoms. The quantitative estimate of drug-likeness (QED) is 0.602. The SMILES string of the molecule is Br.C=CCC1CCCCC1. The molecule has 0 radical (unpaired) electrons. The average molecular weight is 205 g/mol. The van der Waals surface area contributed by atoms with Gasteiger partial charge in [-0.25, -0.2) is 0 Å². The van der Waals surface area contributed by atoms with Gasteiger partial charge in [0.25, 0.3) is 0 Å². The Morgan fingerprint density at radius 2 is 1.80 bits per heavy atom. The maximum atomic E-state index is 3.75. The van der Waals surface area contributed by atoms with Gasteiger partial charge in [0.15, 0.2) is 0 Å². The van der Waals surface area contributed by atoms with E-state index in [1.807, 2.05) is 0 Å². The van der Waals surface area contributed by atoms with Crippen molar-refractivity contribution in [3.05, 3.63) is 12.7 Å². The van der Waals surface area contributed by atoms with Crippen LogP contribution in [0.2, 0.25) is 0 Å². The smallest absolute Gasteiger partial charge is 0.0325 e. The lowest BCUT2D eigenvalue weighted by Gasteiger charge is -2.19. The highest BCUT2D eigenvalue weighted by molar-refractivity contribution is 8.93. The van der Waals surface area contributed by atoms with E-state index in [0.717, 1.165) is 5.92 Å². The first-order valence-corrected chi connectivity index (χ1v) is 4.04. The molecule has 0 N–H and O–H groups in total. The van der Waals surface area contributed by atoms with Crippen LogP contribution in [0.15, 0.2) is 12.7 Å². The molecule has 1 fully saturated rings. The van der Waals surface area contributed by atoms with E-state index in [0.29, 0.717) is 0 Å². The first-order chi connectivity index (χ1) is 4.43. The van der Waals surface area contributed by atoms with Gasteiger partial charge < -0.3 is 0 Å². The Kier molecular flexibility index (Phi) is 6.10. The summed E-state index contributed by atoms with van der Waals surface area (Å²) in [4.78, 5) is 0. The van der Waals surface area contributed by atoms with Crippen LogP contribution in [0, 0.1) is 5.92 Å². The molecule has 10 heavy (non-hydrogen) atoms. The zero-order valence-corrected chi connectivity index (χ0v) is 8.23. The molecule has 0 amide bonds. The van der Waals surface area contributed by atoms with Gasteiger partial charge in [0.1, 0.15) is 0 Å². The van der Waals surface area contributed by atoms with Gasteiger partial charge >= 0.3 is 0 Å². The van der Waals surface area contributed by atoms with Crippen molar-refractivity contribution in [2.75, 3.05) is 0 Å². The van der Waals surface area contributed by atoms with E-state index in [1.54, 1.807) is 0 Å². The summed E-state index contributed by atoms with van der Waals surface area (Å²) >= 11 is 0. The maximum Gasteiger partial charge on any atom is -0.0325 e. The summed E-state index contributed by atoms with van der Waals surface area (Å²) in [6.45, 7) is 3.75. The Hall–Kier alpha value is 0.220. The maximum absolute atomic E-state index is 3.75. The molecule has 0 unspecified atom stereocenters. The third-order valence-electron chi connectivity index (χ3n) is 2.22. The molecule has 0 heterocycles. The largest absolute Gasteiger partial charge is 0.114 e. The third kappa shape index (κ3) is 3.40. The minimum absolute atomic E-state index is 0. The monoisotopic (exact) mass is 204 g/mol. The lowest BCUT2D eigenvalue weighted by Crippen LogP contribution is -2.04. The fourth-order valence-corrected chi connectivity index (χ4v) is 1.66. The molecule has 1 aliphatic rings. The minimum atomic E-state index is 0. The molecule has 0 aromatic carbocycles. The second kappa shape index (κ2) is 5.96. The number of rotatable bonds is 2. The van der Waals surface area contributed by atoms with E-state index in [1.165, 1.54) is 38.5 Å². The van der Waals surface area contributed by atoms with E-state index in [9.17, 15) is 0 Å². The predicted molar refractivity (Wildman–Crippen MR) is 51.7 cm³/mol. The molecule has 1 heteroatoms. The lowest BCUT2D eigenvalue weighted by atomic mass is 9.87. The fourth-order valence-electron chi connectivity index (χ4n) is 1.66. The van der Waals surface area contributed by atoms with Gasteiger partial charge in [0.2, 0.25) is 0 Å². The van der Waals surface area contributed by atoms with E-state index in [4.69, 9.17) is 0 Å². The summed E-state index contributed by atoms with van der Waals surface area (Å²) in [7, 11) is 0. The van der Waals surface area contributed by atoms with Gasteiger partial charge in [-0.3, -0.25) is 0 Å². The highest BCUT2D eigenvalue weighted by Gasteiger charge is 2.10. The number of halogens is 1. The van der Waals surface area contributed by atoms with E-state index in [-0.39, 0.29) is 17.0 Å².